The van der Waals surface area contributed by atoms with Gasteiger partial charge in [0.15, 0.2) is 0 Å². The van der Waals surface area contributed by atoms with Gasteiger partial charge in [-0.15, -0.1) is 0 Å². The normalized spacial score (nSPS) is 9.71. The summed E-state index contributed by atoms with van der Waals surface area (Å²) in [6.07, 6.45) is 1.99. The van der Waals surface area contributed by atoms with Gasteiger partial charge in [0.1, 0.15) is 0 Å². The summed E-state index contributed by atoms with van der Waals surface area (Å²) in [7, 11) is 1.99. The van der Waals surface area contributed by atoms with E-state index in [2.05, 4.69) is 6.07 Å². The second-order valence-electron chi connectivity index (χ2n) is 3.20. The van der Waals surface area contributed by atoms with Crippen LogP contribution in [0.5, 0.6) is 0 Å². The summed E-state index contributed by atoms with van der Waals surface area (Å²) in [6, 6.07) is 13.8. The minimum absolute atomic E-state index is 0.698. The Morgan fingerprint density at radius 2 is 2.07 bits per heavy atom. The van der Waals surface area contributed by atoms with Crippen molar-refractivity contribution in [2.75, 3.05) is 0 Å². The molecule has 0 saturated heterocycles. The van der Waals surface area contributed by atoms with Crippen molar-refractivity contribution in [3.8, 4) is 17.3 Å². The Balaban J connectivity index is 2.53. The van der Waals surface area contributed by atoms with E-state index in [0.717, 1.165) is 11.3 Å². The largest absolute Gasteiger partial charge is 0.351 e. The molecule has 0 aliphatic heterocycles. The summed E-state index contributed by atoms with van der Waals surface area (Å²) >= 11 is 0. The zero-order chi connectivity index (χ0) is 9.97. The maximum Gasteiger partial charge on any atom is 0.0991 e. The van der Waals surface area contributed by atoms with Gasteiger partial charge in [0.05, 0.1) is 11.6 Å². The molecular formula is C12H10N2. The first-order chi connectivity index (χ1) is 6.81. The quantitative estimate of drug-likeness (QED) is 0.666. The van der Waals surface area contributed by atoms with Gasteiger partial charge in [-0.2, -0.15) is 5.26 Å². The number of hydrogen-bond donors (Lipinski definition) is 0. The second kappa shape index (κ2) is 3.39. The average Bonchev–Trinajstić information content (AvgIpc) is 2.65. The lowest BCUT2D eigenvalue weighted by atomic mass is 10.1. The molecule has 0 radical (unpaired) electrons. The van der Waals surface area contributed by atoms with Crippen LogP contribution in [0.1, 0.15) is 5.56 Å². The number of rotatable bonds is 1. The van der Waals surface area contributed by atoms with Crippen molar-refractivity contribution < 1.29 is 0 Å². The molecule has 1 heterocycles. The highest BCUT2D eigenvalue weighted by Gasteiger charge is 2.01. The number of benzene rings is 1. The van der Waals surface area contributed by atoms with Gasteiger partial charge in [0, 0.05) is 18.9 Å². The first-order valence-electron chi connectivity index (χ1n) is 4.43. The van der Waals surface area contributed by atoms with Crippen LogP contribution in [-0.2, 0) is 7.05 Å². The Kier molecular flexibility index (Phi) is 2.08. The predicted molar refractivity (Wildman–Crippen MR) is 55.6 cm³/mol. The zero-order valence-electron chi connectivity index (χ0n) is 7.94. The van der Waals surface area contributed by atoms with Gasteiger partial charge >= 0.3 is 0 Å². The van der Waals surface area contributed by atoms with E-state index >= 15 is 0 Å². The Bertz CT molecular complexity index is 489. The first-order valence-corrected chi connectivity index (χ1v) is 4.43. The van der Waals surface area contributed by atoms with Crippen molar-refractivity contribution in [2.24, 2.45) is 7.05 Å². The molecule has 0 unspecified atom stereocenters. The lowest BCUT2D eigenvalue weighted by Crippen LogP contribution is -1.89. The van der Waals surface area contributed by atoms with E-state index in [1.165, 1.54) is 0 Å². The molecule has 0 N–H and O–H groups in total. The van der Waals surface area contributed by atoms with Gasteiger partial charge in [0.25, 0.3) is 0 Å². The number of hydrogen-bond acceptors (Lipinski definition) is 1. The monoisotopic (exact) mass is 182 g/mol. The molecule has 1 aromatic heterocycles. The number of nitrogens with zero attached hydrogens (tertiary/aromatic N) is 2. The van der Waals surface area contributed by atoms with E-state index in [-0.39, 0.29) is 0 Å². The second-order valence-corrected chi connectivity index (χ2v) is 3.20. The molecule has 2 nitrogen and oxygen atoms in total. The van der Waals surface area contributed by atoms with E-state index in [4.69, 9.17) is 5.26 Å². The van der Waals surface area contributed by atoms with E-state index in [1.807, 2.05) is 54.2 Å². The number of aromatic nitrogens is 1. The molecule has 0 amide bonds. The molecule has 2 rings (SSSR count). The zero-order valence-corrected chi connectivity index (χ0v) is 7.94. The van der Waals surface area contributed by atoms with Crippen LogP contribution in [0.3, 0.4) is 0 Å². The Morgan fingerprint density at radius 1 is 1.21 bits per heavy atom. The minimum Gasteiger partial charge on any atom is -0.351 e. The van der Waals surface area contributed by atoms with Gasteiger partial charge in [-0.3, -0.25) is 0 Å². The van der Waals surface area contributed by atoms with Gasteiger partial charge in [0.2, 0.25) is 0 Å². The van der Waals surface area contributed by atoms with Crippen molar-refractivity contribution in [3.05, 3.63) is 48.2 Å². The van der Waals surface area contributed by atoms with Crippen LogP contribution in [0.15, 0.2) is 42.6 Å². The van der Waals surface area contributed by atoms with Crippen LogP contribution in [0.25, 0.3) is 11.3 Å². The Labute approximate surface area is 83.0 Å². The molecule has 1 aromatic carbocycles. The molecule has 0 atom stereocenters. The summed E-state index contributed by atoms with van der Waals surface area (Å²) in [5.74, 6) is 0. The SMILES string of the molecule is Cn1cccc1-c1cccc(C#N)c1. The van der Waals surface area contributed by atoms with Crippen LogP contribution < -0.4 is 0 Å². The molecule has 2 aromatic rings. The molecule has 0 aliphatic carbocycles. The summed E-state index contributed by atoms with van der Waals surface area (Å²) < 4.78 is 2.04. The van der Waals surface area contributed by atoms with Crippen molar-refractivity contribution in [3.63, 3.8) is 0 Å². The molecule has 0 bridgehead atoms. The van der Waals surface area contributed by atoms with Crippen LogP contribution in [0.2, 0.25) is 0 Å². The maximum absolute atomic E-state index is 8.77. The van der Waals surface area contributed by atoms with Crippen LogP contribution in [-0.4, -0.2) is 4.57 Å². The highest BCUT2D eigenvalue weighted by molar-refractivity contribution is 5.62. The third-order valence-corrected chi connectivity index (χ3v) is 2.23. The molecule has 0 aliphatic rings. The Hall–Kier alpha value is -2.01. The lowest BCUT2D eigenvalue weighted by molar-refractivity contribution is 0.937. The van der Waals surface area contributed by atoms with E-state index < -0.39 is 0 Å². The molecule has 0 fully saturated rings. The molecule has 0 spiro atoms. The standard InChI is InChI=1S/C12H10N2/c1-14-7-3-6-12(14)11-5-2-4-10(8-11)9-13/h2-8H,1H3. The average molecular weight is 182 g/mol. The minimum atomic E-state index is 0.698. The van der Waals surface area contributed by atoms with Crippen LogP contribution in [0.4, 0.5) is 0 Å². The summed E-state index contributed by atoms with van der Waals surface area (Å²) in [4.78, 5) is 0. The third-order valence-electron chi connectivity index (χ3n) is 2.23. The first kappa shape index (κ1) is 8.58. The van der Waals surface area contributed by atoms with Crippen molar-refractivity contribution in [2.45, 2.75) is 0 Å². The highest BCUT2D eigenvalue weighted by atomic mass is 14.9. The number of aryl methyl sites for hydroxylation is 1. The fourth-order valence-corrected chi connectivity index (χ4v) is 1.51. The van der Waals surface area contributed by atoms with Gasteiger partial charge in [-0.1, -0.05) is 12.1 Å². The molecule has 2 heteroatoms. The molecular weight excluding hydrogens is 172 g/mol. The van der Waals surface area contributed by atoms with E-state index in [1.54, 1.807) is 0 Å². The van der Waals surface area contributed by atoms with Gasteiger partial charge in [-0.05, 0) is 29.8 Å². The lowest BCUT2D eigenvalue weighted by Gasteiger charge is -2.02. The summed E-state index contributed by atoms with van der Waals surface area (Å²) in [5.41, 5.74) is 2.90. The molecule has 0 saturated carbocycles. The smallest absolute Gasteiger partial charge is 0.0991 e. The van der Waals surface area contributed by atoms with Crippen LogP contribution >= 0.6 is 0 Å². The highest BCUT2D eigenvalue weighted by Crippen LogP contribution is 2.19. The van der Waals surface area contributed by atoms with Crippen LogP contribution in [0, 0.1) is 11.3 Å². The van der Waals surface area contributed by atoms with Crippen molar-refractivity contribution >= 4 is 0 Å². The fraction of sp³-hybridized carbons (Fsp3) is 0.0833. The molecule has 14 heavy (non-hydrogen) atoms. The van der Waals surface area contributed by atoms with Gasteiger partial charge < -0.3 is 4.57 Å². The van der Waals surface area contributed by atoms with E-state index in [0.29, 0.717) is 5.56 Å². The Morgan fingerprint density at radius 3 is 2.71 bits per heavy atom. The maximum atomic E-state index is 8.77. The topological polar surface area (TPSA) is 28.7 Å². The van der Waals surface area contributed by atoms with E-state index in [9.17, 15) is 0 Å². The summed E-state index contributed by atoms with van der Waals surface area (Å²) in [5, 5.41) is 8.77. The van der Waals surface area contributed by atoms with Crippen molar-refractivity contribution in [1.82, 2.24) is 4.57 Å². The van der Waals surface area contributed by atoms with Crippen molar-refractivity contribution in [1.29, 1.82) is 5.26 Å². The summed E-state index contributed by atoms with van der Waals surface area (Å²) in [6.45, 7) is 0. The number of nitriles is 1. The van der Waals surface area contributed by atoms with Gasteiger partial charge in [-0.25, -0.2) is 0 Å². The fourth-order valence-electron chi connectivity index (χ4n) is 1.51. The molecule has 68 valence electrons. The third kappa shape index (κ3) is 1.40. The predicted octanol–water partition coefficient (Wildman–Crippen LogP) is 2.56.